The van der Waals surface area contributed by atoms with E-state index in [0.717, 1.165) is 16.6 Å². The van der Waals surface area contributed by atoms with Gasteiger partial charge in [-0.15, -0.1) is 0 Å². The van der Waals surface area contributed by atoms with Crippen LogP contribution in [0.5, 0.6) is 5.75 Å². The molecule has 2 rings (SSSR count). The Morgan fingerprint density at radius 1 is 1.05 bits per heavy atom. The lowest BCUT2D eigenvalue weighted by atomic mass is 10.1. The van der Waals surface area contributed by atoms with Gasteiger partial charge in [-0.05, 0) is 42.5 Å². The average Bonchev–Trinajstić information content (AvgIpc) is 2.41. The van der Waals surface area contributed by atoms with E-state index in [1.165, 1.54) is 6.07 Å². The van der Waals surface area contributed by atoms with Gasteiger partial charge in [0.15, 0.2) is 24.0 Å². The number of rotatable bonds is 4. The summed E-state index contributed by atoms with van der Waals surface area (Å²) in [6.07, 6.45) is 0. The molecular weight excluding hydrogens is 318 g/mol. The molecule has 0 unspecified atom stereocenters. The van der Waals surface area contributed by atoms with Crippen molar-refractivity contribution in [1.82, 2.24) is 0 Å². The standard InChI is InChI=1S/C14H9BrF2O2/c15-10-2-4-11(5-3-10)19-8-14(18)9-1-6-12(16)13(17)7-9/h1-7H,8H2. The maximum atomic E-state index is 13.0. The molecular formula is C14H9BrF2O2. The summed E-state index contributed by atoms with van der Waals surface area (Å²) in [6, 6.07) is 9.95. The van der Waals surface area contributed by atoms with Crippen molar-refractivity contribution in [3.63, 3.8) is 0 Å². The maximum absolute atomic E-state index is 13.0. The largest absolute Gasteiger partial charge is 0.485 e. The monoisotopic (exact) mass is 326 g/mol. The van der Waals surface area contributed by atoms with Gasteiger partial charge in [0, 0.05) is 10.0 Å². The summed E-state index contributed by atoms with van der Waals surface area (Å²) in [6.45, 7) is -0.229. The van der Waals surface area contributed by atoms with Gasteiger partial charge in [-0.1, -0.05) is 15.9 Å². The molecule has 0 saturated carbocycles. The summed E-state index contributed by atoms with van der Waals surface area (Å²) >= 11 is 3.28. The molecule has 0 aliphatic carbocycles. The predicted molar refractivity (Wildman–Crippen MR) is 70.3 cm³/mol. The van der Waals surface area contributed by atoms with Crippen LogP contribution in [0.2, 0.25) is 0 Å². The minimum atomic E-state index is -1.05. The normalized spacial score (nSPS) is 10.3. The van der Waals surface area contributed by atoms with Gasteiger partial charge in [0.2, 0.25) is 0 Å². The molecule has 5 heteroatoms. The Morgan fingerprint density at radius 2 is 1.74 bits per heavy atom. The second-order valence-electron chi connectivity index (χ2n) is 3.79. The van der Waals surface area contributed by atoms with Gasteiger partial charge < -0.3 is 4.74 Å². The van der Waals surface area contributed by atoms with Gasteiger partial charge in [-0.25, -0.2) is 8.78 Å². The van der Waals surface area contributed by atoms with Crippen LogP contribution in [0.4, 0.5) is 8.78 Å². The summed E-state index contributed by atoms with van der Waals surface area (Å²) in [5, 5.41) is 0. The Balaban J connectivity index is 2.01. The fourth-order valence-corrected chi connectivity index (χ4v) is 1.70. The van der Waals surface area contributed by atoms with Crippen molar-refractivity contribution in [2.45, 2.75) is 0 Å². The van der Waals surface area contributed by atoms with Crippen LogP contribution >= 0.6 is 15.9 Å². The zero-order chi connectivity index (χ0) is 13.8. The highest BCUT2D eigenvalue weighted by atomic mass is 79.9. The fraction of sp³-hybridized carbons (Fsp3) is 0.0714. The molecule has 0 N–H and O–H groups in total. The number of halogens is 3. The molecule has 0 bridgehead atoms. The molecule has 0 saturated heterocycles. The summed E-state index contributed by atoms with van der Waals surface area (Å²) in [4.78, 5) is 11.7. The quantitative estimate of drug-likeness (QED) is 0.794. The highest BCUT2D eigenvalue weighted by Gasteiger charge is 2.10. The highest BCUT2D eigenvalue weighted by molar-refractivity contribution is 9.10. The molecule has 2 nitrogen and oxygen atoms in total. The number of ether oxygens (including phenoxy) is 1. The van der Waals surface area contributed by atoms with Crippen molar-refractivity contribution < 1.29 is 18.3 Å². The third kappa shape index (κ3) is 3.61. The molecule has 0 aliphatic rings. The molecule has 0 aromatic heterocycles. The van der Waals surface area contributed by atoms with Crippen LogP contribution in [0.15, 0.2) is 46.9 Å². The molecule has 0 fully saturated rings. The lowest BCUT2D eigenvalue weighted by molar-refractivity contribution is 0.0921. The Bertz CT molecular complexity index is 597. The zero-order valence-corrected chi connectivity index (χ0v) is 11.3. The summed E-state index contributed by atoms with van der Waals surface area (Å²) in [5.41, 5.74) is 0.0796. The average molecular weight is 327 g/mol. The molecule has 0 radical (unpaired) electrons. The van der Waals surface area contributed by atoms with E-state index in [9.17, 15) is 13.6 Å². The van der Waals surface area contributed by atoms with Gasteiger partial charge in [-0.3, -0.25) is 4.79 Å². The first-order valence-electron chi connectivity index (χ1n) is 5.43. The van der Waals surface area contributed by atoms with Gasteiger partial charge in [-0.2, -0.15) is 0 Å². The third-order valence-electron chi connectivity index (χ3n) is 2.43. The number of carbonyl (C=O) groups is 1. The molecule has 2 aromatic carbocycles. The maximum Gasteiger partial charge on any atom is 0.200 e. The van der Waals surface area contributed by atoms with Crippen LogP contribution in [0.3, 0.4) is 0 Å². The van der Waals surface area contributed by atoms with Crippen molar-refractivity contribution in [1.29, 1.82) is 0 Å². The second-order valence-corrected chi connectivity index (χ2v) is 4.71. The summed E-state index contributed by atoms with van der Waals surface area (Å²) < 4.78 is 31.9. The first-order valence-corrected chi connectivity index (χ1v) is 6.22. The van der Waals surface area contributed by atoms with Gasteiger partial charge in [0.1, 0.15) is 5.75 Å². The van der Waals surface area contributed by atoms with E-state index in [2.05, 4.69) is 15.9 Å². The Hall–Kier alpha value is -1.75. The van der Waals surface area contributed by atoms with Crippen LogP contribution in [0.25, 0.3) is 0 Å². The Morgan fingerprint density at radius 3 is 2.37 bits per heavy atom. The smallest absolute Gasteiger partial charge is 0.200 e. The molecule has 0 heterocycles. The summed E-state index contributed by atoms with van der Waals surface area (Å²) in [5.74, 6) is -1.92. The number of ketones is 1. The van der Waals surface area contributed by atoms with Gasteiger partial charge >= 0.3 is 0 Å². The summed E-state index contributed by atoms with van der Waals surface area (Å²) in [7, 11) is 0. The SMILES string of the molecule is O=C(COc1ccc(Br)cc1)c1ccc(F)c(F)c1. The molecule has 0 atom stereocenters. The Labute approximate surface area is 117 Å². The van der Waals surface area contributed by atoms with E-state index < -0.39 is 17.4 Å². The molecule has 2 aromatic rings. The van der Waals surface area contributed by atoms with Crippen LogP contribution < -0.4 is 4.74 Å². The Kier molecular flexibility index (Phi) is 4.27. The van der Waals surface area contributed by atoms with E-state index >= 15 is 0 Å². The molecule has 19 heavy (non-hydrogen) atoms. The van der Waals surface area contributed by atoms with Crippen LogP contribution in [0, 0.1) is 11.6 Å². The van der Waals surface area contributed by atoms with Crippen LogP contribution in [0.1, 0.15) is 10.4 Å². The van der Waals surface area contributed by atoms with Gasteiger partial charge in [0.05, 0.1) is 0 Å². The number of Topliss-reactive ketones (excluding diaryl/α,β-unsaturated/α-hetero) is 1. The van der Waals surface area contributed by atoms with E-state index in [4.69, 9.17) is 4.74 Å². The van der Waals surface area contributed by atoms with E-state index in [0.29, 0.717) is 5.75 Å². The van der Waals surface area contributed by atoms with Crippen molar-refractivity contribution in [3.8, 4) is 5.75 Å². The van der Waals surface area contributed by atoms with Crippen LogP contribution in [-0.4, -0.2) is 12.4 Å². The van der Waals surface area contributed by atoms with E-state index in [-0.39, 0.29) is 12.2 Å². The van der Waals surface area contributed by atoms with Crippen LogP contribution in [-0.2, 0) is 0 Å². The number of hydrogen-bond donors (Lipinski definition) is 0. The molecule has 0 amide bonds. The number of hydrogen-bond acceptors (Lipinski definition) is 2. The second kappa shape index (κ2) is 5.93. The van der Waals surface area contributed by atoms with Gasteiger partial charge in [0.25, 0.3) is 0 Å². The minimum Gasteiger partial charge on any atom is -0.485 e. The van der Waals surface area contributed by atoms with Crippen molar-refractivity contribution in [2.24, 2.45) is 0 Å². The van der Waals surface area contributed by atoms with Crippen molar-refractivity contribution >= 4 is 21.7 Å². The highest BCUT2D eigenvalue weighted by Crippen LogP contribution is 2.16. The number of carbonyl (C=O) groups excluding carboxylic acids is 1. The third-order valence-corrected chi connectivity index (χ3v) is 2.95. The fourth-order valence-electron chi connectivity index (χ4n) is 1.43. The molecule has 0 spiro atoms. The zero-order valence-electron chi connectivity index (χ0n) is 9.70. The molecule has 0 aliphatic heterocycles. The molecule has 98 valence electrons. The lowest BCUT2D eigenvalue weighted by Gasteiger charge is -2.06. The predicted octanol–water partition coefficient (Wildman–Crippen LogP) is 3.99. The topological polar surface area (TPSA) is 26.3 Å². The van der Waals surface area contributed by atoms with E-state index in [1.807, 2.05) is 0 Å². The van der Waals surface area contributed by atoms with Crippen molar-refractivity contribution in [2.75, 3.05) is 6.61 Å². The van der Waals surface area contributed by atoms with E-state index in [1.54, 1.807) is 24.3 Å². The van der Waals surface area contributed by atoms with Crippen molar-refractivity contribution in [3.05, 3.63) is 64.1 Å². The minimum absolute atomic E-state index is 0.0796. The first kappa shape index (κ1) is 13.7. The number of benzene rings is 2. The first-order chi connectivity index (χ1) is 9.06. The lowest BCUT2D eigenvalue weighted by Crippen LogP contribution is -2.12.